The van der Waals surface area contributed by atoms with Crippen LogP contribution in [0.5, 0.6) is 0 Å². The molecule has 0 radical (unpaired) electrons. The van der Waals surface area contributed by atoms with Gasteiger partial charge in [0.15, 0.2) is 5.82 Å². The van der Waals surface area contributed by atoms with Gasteiger partial charge in [0.2, 0.25) is 0 Å². The Kier molecular flexibility index (Phi) is 5.75. The van der Waals surface area contributed by atoms with Crippen LogP contribution in [0.25, 0.3) is 11.4 Å². The zero-order valence-electron chi connectivity index (χ0n) is 16.4. The van der Waals surface area contributed by atoms with Crippen molar-refractivity contribution < 1.29 is 4.79 Å². The molecule has 8 nitrogen and oxygen atoms in total. The molecule has 4 rings (SSSR count). The van der Waals surface area contributed by atoms with Gasteiger partial charge >= 0.3 is 0 Å². The monoisotopic (exact) mass is 399 g/mol. The number of aromatic nitrogens is 5. The summed E-state index contributed by atoms with van der Waals surface area (Å²) in [6.07, 6.45) is 6.84. The fourth-order valence-corrected chi connectivity index (χ4v) is 2.98. The molecule has 0 bridgehead atoms. The molecule has 30 heavy (non-hydrogen) atoms. The second kappa shape index (κ2) is 8.95. The largest absolute Gasteiger partial charge is 0.378 e. The molecule has 1 amide bonds. The van der Waals surface area contributed by atoms with Gasteiger partial charge in [0.1, 0.15) is 5.82 Å². The molecule has 3 heterocycles. The lowest BCUT2D eigenvalue weighted by atomic mass is 10.1. The first-order chi connectivity index (χ1) is 14.7. The van der Waals surface area contributed by atoms with Gasteiger partial charge in [-0.2, -0.15) is 5.10 Å². The molecular weight excluding hydrogens is 378 g/mol. The summed E-state index contributed by atoms with van der Waals surface area (Å²) in [4.78, 5) is 25.1. The molecule has 1 aromatic carbocycles. The summed E-state index contributed by atoms with van der Waals surface area (Å²) in [6.45, 7) is 2.40. The molecule has 0 saturated carbocycles. The van der Waals surface area contributed by atoms with E-state index >= 15 is 0 Å². The maximum Gasteiger partial charge on any atom is 0.251 e. The van der Waals surface area contributed by atoms with Crippen molar-refractivity contribution >= 4 is 11.6 Å². The van der Waals surface area contributed by atoms with E-state index in [1.807, 2.05) is 49.4 Å². The number of H-pyrrole nitrogens is 1. The lowest BCUT2D eigenvalue weighted by molar-refractivity contribution is 0.0940. The molecule has 0 saturated heterocycles. The van der Waals surface area contributed by atoms with Crippen molar-refractivity contribution in [1.82, 2.24) is 30.5 Å². The molecule has 1 atom stereocenters. The number of rotatable bonds is 7. The Morgan fingerprint density at radius 2 is 1.77 bits per heavy atom. The van der Waals surface area contributed by atoms with Crippen LogP contribution in [0, 0.1) is 0 Å². The van der Waals surface area contributed by atoms with Crippen LogP contribution in [0.1, 0.15) is 34.7 Å². The van der Waals surface area contributed by atoms with Gasteiger partial charge < -0.3 is 10.6 Å². The topological polar surface area (TPSA) is 108 Å². The Morgan fingerprint density at radius 1 is 1.03 bits per heavy atom. The molecule has 3 aromatic heterocycles. The predicted molar refractivity (Wildman–Crippen MR) is 114 cm³/mol. The second-order valence-electron chi connectivity index (χ2n) is 6.75. The van der Waals surface area contributed by atoms with E-state index < -0.39 is 0 Å². The second-order valence-corrected chi connectivity index (χ2v) is 6.75. The maximum absolute atomic E-state index is 12.6. The van der Waals surface area contributed by atoms with E-state index in [4.69, 9.17) is 0 Å². The number of anilines is 1. The summed E-state index contributed by atoms with van der Waals surface area (Å²) in [7, 11) is 0. The third-order valence-corrected chi connectivity index (χ3v) is 4.61. The van der Waals surface area contributed by atoms with Crippen molar-refractivity contribution in [2.45, 2.75) is 19.5 Å². The van der Waals surface area contributed by atoms with E-state index in [0.29, 0.717) is 23.8 Å². The fourth-order valence-electron chi connectivity index (χ4n) is 2.98. The number of hydrogen-bond donors (Lipinski definition) is 3. The molecule has 8 heteroatoms. The maximum atomic E-state index is 12.6. The quantitative estimate of drug-likeness (QED) is 0.440. The smallest absolute Gasteiger partial charge is 0.251 e. The van der Waals surface area contributed by atoms with E-state index in [-0.39, 0.29) is 11.9 Å². The van der Waals surface area contributed by atoms with Gasteiger partial charge in [0, 0.05) is 41.6 Å². The van der Waals surface area contributed by atoms with Crippen molar-refractivity contribution in [1.29, 1.82) is 0 Å². The van der Waals surface area contributed by atoms with Gasteiger partial charge in [-0.25, -0.2) is 4.98 Å². The first kappa shape index (κ1) is 19.3. The van der Waals surface area contributed by atoms with Crippen LogP contribution in [0.2, 0.25) is 0 Å². The van der Waals surface area contributed by atoms with Gasteiger partial charge in [-0.05, 0) is 55.0 Å². The number of carbonyl (C=O) groups excluding carboxylic acids is 1. The minimum atomic E-state index is -0.136. The van der Waals surface area contributed by atoms with E-state index in [2.05, 4.69) is 35.8 Å². The van der Waals surface area contributed by atoms with Crippen LogP contribution >= 0.6 is 0 Å². The Bertz CT molecular complexity index is 1110. The minimum Gasteiger partial charge on any atom is -0.378 e. The normalized spacial score (nSPS) is 11.6. The highest BCUT2D eigenvalue weighted by atomic mass is 16.1. The Hall–Kier alpha value is -4.07. The zero-order chi connectivity index (χ0) is 20.8. The summed E-state index contributed by atoms with van der Waals surface area (Å²) in [5.41, 5.74) is 3.30. The first-order valence-electron chi connectivity index (χ1n) is 9.55. The fraction of sp³-hybridized carbons (Fsp3) is 0.136. The minimum absolute atomic E-state index is 0.113. The van der Waals surface area contributed by atoms with Crippen molar-refractivity contribution in [2.24, 2.45) is 0 Å². The van der Waals surface area contributed by atoms with E-state index in [0.717, 1.165) is 16.8 Å². The standard InChI is InChI=1S/C22H21N7O/c1-15(16-5-9-23-10-6-16)26-22(30)18-3-2-4-19(13-18)25-14-20-27-21(29-28-20)17-7-11-24-12-8-17/h2-13,15,25H,14H2,1H3,(H,26,30)(H,27,28,29)/t15-/m0/s1. The summed E-state index contributed by atoms with van der Waals surface area (Å²) in [6, 6.07) is 14.7. The number of benzene rings is 1. The number of hydrogen-bond acceptors (Lipinski definition) is 6. The van der Waals surface area contributed by atoms with Crippen molar-refractivity contribution in [3.05, 3.63) is 90.3 Å². The highest BCUT2D eigenvalue weighted by Gasteiger charge is 2.12. The molecule has 0 spiro atoms. The van der Waals surface area contributed by atoms with Crippen LogP contribution in [0.15, 0.2) is 73.3 Å². The number of nitrogens with zero attached hydrogens (tertiary/aromatic N) is 4. The average molecular weight is 399 g/mol. The molecular formula is C22H21N7O. The number of nitrogens with one attached hydrogen (secondary N) is 3. The highest BCUT2D eigenvalue weighted by molar-refractivity contribution is 5.95. The Labute approximate surface area is 173 Å². The molecule has 0 unspecified atom stereocenters. The third-order valence-electron chi connectivity index (χ3n) is 4.61. The lowest BCUT2D eigenvalue weighted by Crippen LogP contribution is -2.26. The van der Waals surface area contributed by atoms with Crippen LogP contribution in [0.3, 0.4) is 0 Å². The summed E-state index contributed by atoms with van der Waals surface area (Å²) in [5, 5.41) is 13.4. The molecule has 3 N–H and O–H groups in total. The summed E-state index contributed by atoms with van der Waals surface area (Å²) in [5.74, 6) is 1.18. The van der Waals surface area contributed by atoms with E-state index in [1.165, 1.54) is 0 Å². The number of carbonyl (C=O) groups is 1. The first-order valence-corrected chi connectivity index (χ1v) is 9.55. The van der Waals surface area contributed by atoms with Gasteiger partial charge in [-0.3, -0.25) is 19.9 Å². The number of amides is 1. The van der Waals surface area contributed by atoms with Gasteiger partial charge in [0.05, 0.1) is 12.6 Å². The Morgan fingerprint density at radius 3 is 2.53 bits per heavy atom. The zero-order valence-corrected chi connectivity index (χ0v) is 16.4. The van der Waals surface area contributed by atoms with Crippen LogP contribution in [-0.2, 0) is 6.54 Å². The molecule has 4 aromatic rings. The van der Waals surface area contributed by atoms with Crippen molar-refractivity contribution in [3.8, 4) is 11.4 Å². The highest BCUT2D eigenvalue weighted by Crippen LogP contribution is 2.16. The molecule has 0 aliphatic heterocycles. The van der Waals surface area contributed by atoms with Crippen molar-refractivity contribution in [3.63, 3.8) is 0 Å². The molecule has 0 aliphatic rings. The number of aromatic amines is 1. The third kappa shape index (κ3) is 4.67. The van der Waals surface area contributed by atoms with Gasteiger partial charge in [-0.1, -0.05) is 6.07 Å². The molecule has 0 aliphatic carbocycles. The average Bonchev–Trinajstić information content (AvgIpc) is 3.28. The number of pyridine rings is 2. The lowest BCUT2D eigenvalue weighted by Gasteiger charge is -2.14. The summed E-state index contributed by atoms with van der Waals surface area (Å²) >= 11 is 0. The molecule has 0 fully saturated rings. The van der Waals surface area contributed by atoms with Crippen LogP contribution < -0.4 is 10.6 Å². The van der Waals surface area contributed by atoms with Crippen LogP contribution in [-0.4, -0.2) is 31.1 Å². The SMILES string of the molecule is C[C@H](NC(=O)c1cccc(NCc2nc(-c3ccncc3)n[nH]2)c1)c1ccncc1. The van der Waals surface area contributed by atoms with Crippen molar-refractivity contribution in [2.75, 3.05) is 5.32 Å². The summed E-state index contributed by atoms with van der Waals surface area (Å²) < 4.78 is 0. The van der Waals surface area contributed by atoms with Crippen LogP contribution in [0.4, 0.5) is 5.69 Å². The van der Waals surface area contributed by atoms with Gasteiger partial charge in [-0.15, -0.1) is 0 Å². The van der Waals surface area contributed by atoms with E-state index in [1.54, 1.807) is 30.9 Å². The van der Waals surface area contributed by atoms with E-state index in [9.17, 15) is 4.79 Å². The Balaban J connectivity index is 1.38. The predicted octanol–water partition coefficient (Wildman–Crippen LogP) is 3.36. The molecule has 150 valence electrons. The van der Waals surface area contributed by atoms with Gasteiger partial charge in [0.25, 0.3) is 5.91 Å².